The number of allylic oxidation sites excluding steroid dienone is 7. The molecule has 0 rings (SSSR count). The Bertz CT molecular complexity index is 790. The van der Waals surface area contributed by atoms with E-state index >= 15 is 0 Å². The molecule has 0 bridgehead atoms. The molecule has 3 unspecified atom stereocenters. The van der Waals surface area contributed by atoms with Crippen molar-refractivity contribution in [3.05, 3.63) is 48.6 Å². The van der Waals surface area contributed by atoms with Gasteiger partial charge in [-0.05, 0) is 70.6 Å². The van der Waals surface area contributed by atoms with Crippen LogP contribution in [0.1, 0.15) is 194 Å². The molecule has 0 aliphatic heterocycles. The molecular weight excluding hydrogens is 594 g/mol. The molecule has 5 heteroatoms. The van der Waals surface area contributed by atoms with Gasteiger partial charge in [0, 0.05) is 0 Å². The van der Waals surface area contributed by atoms with E-state index in [1.165, 1.54) is 122 Å². The molecule has 0 fully saturated rings. The van der Waals surface area contributed by atoms with E-state index in [0.717, 1.165) is 44.9 Å². The van der Waals surface area contributed by atoms with Crippen LogP contribution in [0, 0.1) is 0 Å². The molecule has 0 heterocycles. The maximum absolute atomic E-state index is 12.4. The van der Waals surface area contributed by atoms with E-state index in [1.807, 2.05) is 6.08 Å². The standard InChI is InChI=1S/C43H79NO4/c1-3-5-7-9-11-13-15-16-17-18-19-20-21-22-23-24-25-27-29-31-33-35-37-42(47)41(39-45)44-43(48)38-40(46)36-34-32-30-28-26-14-12-10-8-6-4-2/h22-23,27-30,35,37,40-42,45-47H,3-21,24-26,31-34,36,38-39H2,1-2H3,(H,44,48)/b23-22+,29-27+,30-28-,37-35+. The minimum Gasteiger partial charge on any atom is -0.394 e. The van der Waals surface area contributed by atoms with Gasteiger partial charge in [0.25, 0.3) is 0 Å². The van der Waals surface area contributed by atoms with Gasteiger partial charge in [-0.1, -0.05) is 165 Å². The first kappa shape index (κ1) is 46.3. The van der Waals surface area contributed by atoms with E-state index in [-0.39, 0.29) is 18.9 Å². The fourth-order valence-corrected chi connectivity index (χ4v) is 5.90. The Hall–Kier alpha value is -1.69. The van der Waals surface area contributed by atoms with Crippen LogP contribution in [-0.2, 0) is 4.79 Å². The predicted molar refractivity (Wildman–Crippen MR) is 208 cm³/mol. The number of carbonyl (C=O) groups excluding carboxylic acids is 1. The van der Waals surface area contributed by atoms with Gasteiger partial charge in [-0.25, -0.2) is 0 Å². The molecule has 0 aromatic carbocycles. The Morgan fingerprint density at radius 1 is 0.521 bits per heavy atom. The van der Waals surface area contributed by atoms with Crippen molar-refractivity contribution >= 4 is 5.91 Å². The van der Waals surface area contributed by atoms with Gasteiger partial charge in [0.15, 0.2) is 0 Å². The largest absolute Gasteiger partial charge is 0.394 e. The van der Waals surface area contributed by atoms with Crippen LogP contribution in [0.3, 0.4) is 0 Å². The topological polar surface area (TPSA) is 89.8 Å². The molecule has 1 amide bonds. The van der Waals surface area contributed by atoms with Crippen LogP contribution >= 0.6 is 0 Å². The Balaban J connectivity index is 3.79. The maximum atomic E-state index is 12.4. The van der Waals surface area contributed by atoms with Crippen molar-refractivity contribution in [1.82, 2.24) is 5.32 Å². The number of rotatable bonds is 36. The summed E-state index contributed by atoms with van der Waals surface area (Å²) in [7, 11) is 0. The fourth-order valence-electron chi connectivity index (χ4n) is 5.90. The van der Waals surface area contributed by atoms with Crippen LogP contribution in [0.2, 0.25) is 0 Å². The first-order valence-electron chi connectivity index (χ1n) is 20.4. The Morgan fingerprint density at radius 2 is 0.896 bits per heavy atom. The second kappa shape index (κ2) is 38.1. The molecule has 280 valence electrons. The summed E-state index contributed by atoms with van der Waals surface area (Å²) in [5.74, 6) is -0.348. The monoisotopic (exact) mass is 674 g/mol. The average Bonchev–Trinajstić information content (AvgIpc) is 3.08. The highest BCUT2D eigenvalue weighted by Gasteiger charge is 2.19. The molecular formula is C43H79NO4. The van der Waals surface area contributed by atoms with Gasteiger partial charge < -0.3 is 20.6 Å². The number of hydrogen-bond acceptors (Lipinski definition) is 4. The smallest absolute Gasteiger partial charge is 0.222 e. The fraction of sp³-hybridized carbons (Fsp3) is 0.791. The summed E-state index contributed by atoms with van der Waals surface area (Å²) in [5, 5.41) is 33.0. The number of aliphatic hydroxyl groups is 3. The second-order valence-electron chi connectivity index (χ2n) is 13.9. The van der Waals surface area contributed by atoms with Gasteiger partial charge in [-0.3, -0.25) is 4.79 Å². The normalized spacial score (nSPS) is 14.2. The zero-order chi connectivity index (χ0) is 35.2. The SMILES string of the molecule is CCCCCCCC/C=C\CCCC(O)CC(=O)NC(CO)C(O)/C=C/CC/C=C/CC/C=C/CCCCCCCCCCCCCC. The summed E-state index contributed by atoms with van der Waals surface area (Å²) in [6.45, 7) is 4.16. The Morgan fingerprint density at radius 3 is 1.33 bits per heavy atom. The summed E-state index contributed by atoms with van der Waals surface area (Å²) in [6, 6.07) is -0.775. The van der Waals surface area contributed by atoms with Gasteiger partial charge in [-0.2, -0.15) is 0 Å². The van der Waals surface area contributed by atoms with Crippen LogP contribution in [-0.4, -0.2) is 46.1 Å². The van der Waals surface area contributed by atoms with Crippen molar-refractivity contribution < 1.29 is 20.1 Å². The van der Waals surface area contributed by atoms with E-state index in [9.17, 15) is 20.1 Å². The zero-order valence-corrected chi connectivity index (χ0v) is 31.6. The summed E-state index contributed by atoms with van der Waals surface area (Å²) in [6.07, 6.45) is 48.3. The number of aliphatic hydroxyl groups excluding tert-OH is 3. The summed E-state index contributed by atoms with van der Waals surface area (Å²) in [4.78, 5) is 12.4. The molecule has 0 aliphatic carbocycles. The van der Waals surface area contributed by atoms with Crippen molar-refractivity contribution in [1.29, 1.82) is 0 Å². The highest BCUT2D eigenvalue weighted by molar-refractivity contribution is 5.76. The highest BCUT2D eigenvalue weighted by atomic mass is 16.3. The minimum atomic E-state index is -0.966. The first-order valence-corrected chi connectivity index (χ1v) is 20.4. The van der Waals surface area contributed by atoms with Gasteiger partial charge in [-0.15, -0.1) is 0 Å². The van der Waals surface area contributed by atoms with Gasteiger partial charge in [0.05, 0.1) is 31.3 Å². The molecule has 0 saturated heterocycles. The molecule has 0 radical (unpaired) electrons. The third-order valence-corrected chi connectivity index (χ3v) is 9.07. The van der Waals surface area contributed by atoms with Crippen molar-refractivity contribution in [3.63, 3.8) is 0 Å². The number of hydrogen-bond donors (Lipinski definition) is 4. The van der Waals surface area contributed by atoms with Crippen molar-refractivity contribution in [2.75, 3.05) is 6.61 Å². The molecule has 0 saturated carbocycles. The summed E-state index contributed by atoms with van der Waals surface area (Å²) < 4.78 is 0. The lowest BCUT2D eigenvalue weighted by Gasteiger charge is -2.20. The third kappa shape index (κ3) is 34.2. The zero-order valence-electron chi connectivity index (χ0n) is 31.6. The Kier molecular flexibility index (Phi) is 36.8. The van der Waals surface area contributed by atoms with Gasteiger partial charge >= 0.3 is 0 Å². The lowest BCUT2D eigenvalue weighted by molar-refractivity contribution is -0.124. The molecule has 4 N–H and O–H groups in total. The number of carbonyl (C=O) groups is 1. The molecule has 5 nitrogen and oxygen atoms in total. The molecule has 0 spiro atoms. The molecule has 0 aromatic rings. The van der Waals surface area contributed by atoms with Crippen LogP contribution < -0.4 is 5.32 Å². The van der Waals surface area contributed by atoms with E-state index in [0.29, 0.717) is 6.42 Å². The summed E-state index contributed by atoms with van der Waals surface area (Å²) in [5.41, 5.74) is 0. The van der Waals surface area contributed by atoms with Gasteiger partial charge in [0.2, 0.25) is 5.91 Å². The summed E-state index contributed by atoms with van der Waals surface area (Å²) >= 11 is 0. The van der Waals surface area contributed by atoms with Crippen LogP contribution in [0.15, 0.2) is 48.6 Å². The highest BCUT2D eigenvalue weighted by Crippen LogP contribution is 2.13. The number of amides is 1. The quantitative estimate of drug-likeness (QED) is 0.0393. The average molecular weight is 674 g/mol. The van der Waals surface area contributed by atoms with Crippen LogP contribution in [0.4, 0.5) is 0 Å². The lowest BCUT2D eigenvalue weighted by Crippen LogP contribution is -2.45. The Labute approximate surface area is 297 Å². The molecule has 0 aromatic heterocycles. The van der Waals surface area contributed by atoms with Crippen LogP contribution in [0.5, 0.6) is 0 Å². The molecule has 48 heavy (non-hydrogen) atoms. The van der Waals surface area contributed by atoms with E-state index in [4.69, 9.17) is 0 Å². The number of unbranched alkanes of at least 4 members (excludes halogenated alkanes) is 21. The van der Waals surface area contributed by atoms with Crippen molar-refractivity contribution in [3.8, 4) is 0 Å². The van der Waals surface area contributed by atoms with E-state index < -0.39 is 18.2 Å². The third-order valence-electron chi connectivity index (χ3n) is 9.07. The minimum absolute atomic E-state index is 0.0200. The second-order valence-corrected chi connectivity index (χ2v) is 13.9. The van der Waals surface area contributed by atoms with E-state index in [2.05, 4.69) is 55.6 Å². The first-order chi connectivity index (χ1) is 23.5. The lowest BCUT2D eigenvalue weighted by atomic mass is 10.0. The predicted octanol–water partition coefficient (Wildman–Crippen LogP) is 11.4. The van der Waals surface area contributed by atoms with E-state index in [1.54, 1.807) is 6.08 Å². The molecule has 0 aliphatic rings. The van der Waals surface area contributed by atoms with Crippen LogP contribution in [0.25, 0.3) is 0 Å². The molecule has 3 atom stereocenters. The van der Waals surface area contributed by atoms with Gasteiger partial charge in [0.1, 0.15) is 0 Å². The van der Waals surface area contributed by atoms with Crippen molar-refractivity contribution in [2.24, 2.45) is 0 Å². The maximum Gasteiger partial charge on any atom is 0.222 e. The number of nitrogens with one attached hydrogen (secondary N) is 1. The van der Waals surface area contributed by atoms with Crippen molar-refractivity contribution in [2.45, 2.75) is 212 Å².